The van der Waals surface area contributed by atoms with E-state index in [-0.39, 0.29) is 0 Å². The van der Waals surface area contributed by atoms with Crippen LogP contribution in [0, 0.1) is 0 Å². The maximum absolute atomic E-state index is 5.13. The van der Waals surface area contributed by atoms with E-state index in [1.165, 1.54) is 0 Å². The highest BCUT2D eigenvalue weighted by Gasteiger charge is 2.15. The van der Waals surface area contributed by atoms with Crippen LogP contribution in [0.3, 0.4) is 0 Å². The molecule has 19 heavy (non-hydrogen) atoms. The van der Waals surface area contributed by atoms with Crippen molar-refractivity contribution in [1.29, 1.82) is 0 Å². The summed E-state index contributed by atoms with van der Waals surface area (Å²) >= 11 is 1.80. The van der Waals surface area contributed by atoms with E-state index in [1.54, 1.807) is 18.9 Å². The number of hydrogen-bond donors (Lipinski definition) is 1. The molecule has 0 saturated heterocycles. The number of ether oxygens (including phenoxy) is 1. The first-order chi connectivity index (χ1) is 9.12. The van der Waals surface area contributed by atoms with Crippen molar-refractivity contribution in [2.75, 3.05) is 42.9 Å². The predicted octanol–water partition coefficient (Wildman–Crippen LogP) is 1.89. The van der Waals surface area contributed by atoms with E-state index >= 15 is 0 Å². The van der Waals surface area contributed by atoms with Crippen LogP contribution in [0.1, 0.15) is 20.3 Å². The van der Waals surface area contributed by atoms with Gasteiger partial charge in [-0.2, -0.15) is 26.7 Å². The molecule has 0 aliphatic rings. The lowest BCUT2D eigenvalue weighted by Gasteiger charge is -2.24. The zero-order chi connectivity index (χ0) is 14.3. The number of anilines is 2. The van der Waals surface area contributed by atoms with Crippen LogP contribution < -0.4 is 15.0 Å². The number of aromatic nitrogens is 3. The molecule has 1 rings (SSSR count). The van der Waals surface area contributed by atoms with Crippen molar-refractivity contribution < 1.29 is 4.74 Å². The molecule has 1 aromatic rings. The summed E-state index contributed by atoms with van der Waals surface area (Å²) in [6.07, 6.45) is 3.11. The Morgan fingerprint density at radius 2 is 2.11 bits per heavy atom. The normalized spacial score (nSPS) is 12.1. The molecule has 6 nitrogen and oxygen atoms in total. The first-order valence-corrected chi connectivity index (χ1v) is 7.77. The summed E-state index contributed by atoms with van der Waals surface area (Å²) in [7, 11) is 3.55. The van der Waals surface area contributed by atoms with Gasteiger partial charge >= 0.3 is 6.01 Å². The van der Waals surface area contributed by atoms with Crippen LogP contribution in [0.25, 0.3) is 0 Å². The Morgan fingerprint density at radius 1 is 1.37 bits per heavy atom. The van der Waals surface area contributed by atoms with E-state index in [9.17, 15) is 0 Å². The van der Waals surface area contributed by atoms with Gasteiger partial charge in [-0.1, -0.05) is 6.92 Å². The van der Waals surface area contributed by atoms with Gasteiger partial charge in [-0.3, -0.25) is 0 Å². The molecule has 1 N–H and O–H groups in total. The zero-order valence-electron chi connectivity index (χ0n) is 12.3. The van der Waals surface area contributed by atoms with Gasteiger partial charge in [0, 0.05) is 25.4 Å². The monoisotopic (exact) mass is 285 g/mol. The van der Waals surface area contributed by atoms with E-state index in [0.717, 1.165) is 18.7 Å². The molecule has 0 aliphatic carbocycles. The highest BCUT2D eigenvalue weighted by Crippen LogP contribution is 2.16. The van der Waals surface area contributed by atoms with Gasteiger partial charge in [-0.15, -0.1) is 0 Å². The lowest BCUT2D eigenvalue weighted by Crippen LogP contribution is -2.32. The fraction of sp³-hybridized carbons (Fsp3) is 0.750. The Hall–Kier alpha value is -1.24. The van der Waals surface area contributed by atoms with Gasteiger partial charge in [-0.25, -0.2) is 0 Å². The Labute approximate surface area is 119 Å². The van der Waals surface area contributed by atoms with E-state index in [4.69, 9.17) is 4.74 Å². The van der Waals surface area contributed by atoms with Crippen molar-refractivity contribution in [3.05, 3.63) is 0 Å². The maximum Gasteiger partial charge on any atom is 0.322 e. The quantitative estimate of drug-likeness (QED) is 0.782. The van der Waals surface area contributed by atoms with Crippen molar-refractivity contribution in [1.82, 2.24) is 15.0 Å². The topological polar surface area (TPSA) is 63.2 Å². The highest BCUT2D eigenvalue weighted by molar-refractivity contribution is 7.98. The SMILES string of the molecule is CCCNc1nc(OC)nc(N(C)C(C)CSC)n1. The van der Waals surface area contributed by atoms with Crippen LogP contribution in [0.5, 0.6) is 6.01 Å². The Balaban J connectivity index is 2.91. The minimum absolute atomic E-state index is 0.340. The smallest absolute Gasteiger partial charge is 0.322 e. The molecular formula is C12H23N5OS. The third-order valence-electron chi connectivity index (χ3n) is 2.70. The van der Waals surface area contributed by atoms with E-state index in [1.807, 2.05) is 11.9 Å². The molecule has 1 unspecified atom stereocenters. The largest absolute Gasteiger partial charge is 0.467 e. The number of rotatable bonds is 8. The molecule has 1 heterocycles. The molecule has 0 aromatic carbocycles. The van der Waals surface area contributed by atoms with Gasteiger partial charge in [-0.05, 0) is 19.6 Å². The van der Waals surface area contributed by atoms with Crippen LogP contribution in [-0.4, -0.2) is 53.7 Å². The molecule has 7 heteroatoms. The second-order valence-electron chi connectivity index (χ2n) is 4.29. The molecule has 1 atom stereocenters. The maximum atomic E-state index is 5.13. The average molecular weight is 285 g/mol. The number of thioether (sulfide) groups is 1. The minimum atomic E-state index is 0.340. The first kappa shape index (κ1) is 15.8. The minimum Gasteiger partial charge on any atom is -0.467 e. The standard InChI is InChI=1S/C12H23N5OS/c1-6-7-13-10-14-11(16-12(15-10)18-4)17(3)9(2)8-19-5/h9H,6-8H2,1-5H3,(H,13,14,15,16). The molecule has 0 spiro atoms. The van der Waals surface area contributed by atoms with Crippen LogP contribution >= 0.6 is 11.8 Å². The van der Waals surface area contributed by atoms with E-state index < -0.39 is 0 Å². The summed E-state index contributed by atoms with van der Waals surface area (Å²) in [5.41, 5.74) is 0. The van der Waals surface area contributed by atoms with Gasteiger partial charge in [0.2, 0.25) is 11.9 Å². The molecule has 0 fully saturated rings. The summed E-state index contributed by atoms with van der Waals surface area (Å²) in [5, 5.41) is 3.16. The van der Waals surface area contributed by atoms with Crippen molar-refractivity contribution in [2.45, 2.75) is 26.3 Å². The Bertz CT molecular complexity index is 390. The van der Waals surface area contributed by atoms with Crippen LogP contribution in [0.15, 0.2) is 0 Å². The van der Waals surface area contributed by atoms with E-state index in [2.05, 4.69) is 40.4 Å². The predicted molar refractivity (Wildman–Crippen MR) is 81.4 cm³/mol. The van der Waals surface area contributed by atoms with Gasteiger partial charge in [0.05, 0.1) is 7.11 Å². The molecule has 0 bridgehead atoms. The van der Waals surface area contributed by atoms with Crippen molar-refractivity contribution in [3.8, 4) is 6.01 Å². The molecule has 0 radical (unpaired) electrons. The molecule has 0 saturated carbocycles. The Kier molecular flexibility index (Phi) is 6.69. The molecule has 0 aliphatic heterocycles. The third kappa shape index (κ3) is 4.74. The summed E-state index contributed by atoms with van der Waals surface area (Å²) in [6, 6.07) is 0.688. The highest BCUT2D eigenvalue weighted by atomic mass is 32.2. The third-order valence-corrected chi connectivity index (χ3v) is 3.52. The summed E-state index contributed by atoms with van der Waals surface area (Å²) in [6.45, 7) is 5.07. The lowest BCUT2D eigenvalue weighted by molar-refractivity contribution is 0.378. The molecular weight excluding hydrogens is 262 g/mol. The fourth-order valence-electron chi connectivity index (χ4n) is 1.46. The number of hydrogen-bond acceptors (Lipinski definition) is 7. The molecule has 0 amide bonds. The van der Waals surface area contributed by atoms with Gasteiger partial charge < -0.3 is 15.0 Å². The zero-order valence-corrected chi connectivity index (χ0v) is 13.1. The van der Waals surface area contributed by atoms with Crippen molar-refractivity contribution >= 4 is 23.7 Å². The summed E-state index contributed by atoms with van der Waals surface area (Å²) < 4.78 is 5.13. The van der Waals surface area contributed by atoms with Crippen molar-refractivity contribution in [3.63, 3.8) is 0 Å². The lowest BCUT2D eigenvalue weighted by atomic mass is 10.3. The second kappa shape index (κ2) is 8.04. The average Bonchev–Trinajstić information content (AvgIpc) is 2.44. The van der Waals surface area contributed by atoms with Crippen LogP contribution in [0.2, 0.25) is 0 Å². The summed E-state index contributed by atoms with van der Waals surface area (Å²) in [4.78, 5) is 15.0. The molecule has 1 aromatic heterocycles. The second-order valence-corrected chi connectivity index (χ2v) is 5.20. The van der Waals surface area contributed by atoms with Crippen molar-refractivity contribution in [2.24, 2.45) is 0 Å². The molecule has 108 valence electrons. The van der Waals surface area contributed by atoms with E-state index in [0.29, 0.717) is 23.9 Å². The van der Waals surface area contributed by atoms with Gasteiger partial charge in [0.15, 0.2) is 0 Å². The number of methoxy groups -OCH3 is 1. The van der Waals surface area contributed by atoms with Gasteiger partial charge in [0.1, 0.15) is 0 Å². The Morgan fingerprint density at radius 3 is 2.68 bits per heavy atom. The van der Waals surface area contributed by atoms with Crippen LogP contribution in [-0.2, 0) is 0 Å². The van der Waals surface area contributed by atoms with Crippen LogP contribution in [0.4, 0.5) is 11.9 Å². The fourth-order valence-corrected chi connectivity index (χ4v) is 2.17. The number of nitrogens with one attached hydrogen (secondary N) is 1. The number of nitrogens with zero attached hydrogens (tertiary/aromatic N) is 4. The first-order valence-electron chi connectivity index (χ1n) is 6.38. The summed E-state index contributed by atoms with van der Waals surface area (Å²) in [5.74, 6) is 2.21. The van der Waals surface area contributed by atoms with Gasteiger partial charge in [0.25, 0.3) is 0 Å².